The Labute approximate surface area is 154 Å². The van der Waals surface area contributed by atoms with Gasteiger partial charge in [-0.1, -0.05) is 82.6 Å². The second-order valence-electron chi connectivity index (χ2n) is 8.72. The van der Waals surface area contributed by atoms with Crippen LogP contribution in [0.15, 0.2) is 24.3 Å². The maximum atomic E-state index is 11.3. The van der Waals surface area contributed by atoms with Crippen molar-refractivity contribution in [2.24, 2.45) is 17.8 Å². The van der Waals surface area contributed by atoms with Crippen molar-refractivity contribution >= 4 is 6.29 Å². The van der Waals surface area contributed by atoms with Gasteiger partial charge in [-0.3, -0.25) is 4.79 Å². The summed E-state index contributed by atoms with van der Waals surface area (Å²) in [5.41, 5.74) is 2.21. The van der Waals surface area contributed by atoms with Crippen molar-refractivity contribution in [2.45, 2.75) is 89.9 Å². The van der Waals surface area contributed by atoms with Crippen LogP contribution in [-0.4, -0.2) is 6.29 Å². The number of rotatable bonds is 7. The Kier molecular flexibility index (Phi) is 7.13. The van der Waals surface area contributed by atoms with Gasteiger partial charge < -0.3 is 0 Å². The van der Waals surface area contributed by atoms with Crippen molar-refractivity contribution in [3.8, 4) is 0 Å². The number of hydrogen-bond acceptors (Lipinski definition) is 1. The van der Waals surface area contributed by atoms with Crippen molar-refractivity contribution in [2.75, 3.05) is 0 Å². The molecule has 2 saturated carbocycles. The maximum Gasteiger partial charge on any atom is 0.150 e. The summed E-state index contributed by atoms with van der Waals surface area (Å²) in [6.07, 6.45) is 18.0. The molecule has 2 fully saturated rings. The highest BCUT2D eigenvalue weighted by Crippen LogP contribution is 2.40. The van der Waals surface area contributed by atoms with Crippen LogP contribution in [0.1, 0.15) is 106 Å². The van der Waals surface area contributed by atoms with Gasteiger partial charge in [0.2, 0.25) is 0 Å². The Bertz CT molecular complexity index is 519. The van der Waals surface area contributed by atoms with E-state index in [1.807, 2.05) is 12.1 Å². The molecule has 2 aliphatic carbocycles. The molecular weight excluding hydrogens is 304 g/mol. The van der Waals surface area contributed by atoms with E-state index in [2.05, 4.69) is 19.1 Å². The van der Waals surface area contributed by atoms with Crippen molar-refractivity contribution in [3.63, 3.8) is 0 Å². The van der Waals surface area contributed by atoms with Gasteiger partial charge in [-0.25, -0.2) is 0 Å². The maximum absolute atomic E-state index is 11.3. The normalized spacial score (nSPS) is 30.1. The topological polar surface area (TPSA) is 17.1 Å². The van der Waals surface area contributed by atoms with Gasteiger partial charge in [-0.05, 0) is 54.9 Å². The largest absolute Gasteiger partial charge is 0.298 e. The average molecular weight is 341 g/mol. The van der Waals surface area contributed by atoms with Gasteiger partial charge in [0.05, 0.1) is 0 Å². The van der Waals surface area contributed by atoms with Gasteiger partial charge in [0.15, 0.2) is 0 Å². The Hall–Kier alpha value is -1.11. The first-order chi connectivity index (χ1) is 12.3. The third-order valence-electron chi connectivity index (χ3n) is 7.06. The van der Waals surface area contributed by atoms with E-state index in [1.165, 1.54) is 82.6 Å². The molecule has 0 radical (unpaired) electrons. The van der Waals surface area contributed by atoms with Crippen molar-refractivity contribution < 1.29 is 4.79 Å². The second kappa shape index (κ2) is 9.55. The highest BCUT2D eigenvalue weighted by Gasteiger charge is 2.26. The van der Waals surface area contributed by atoms with Crippen LogP contribution in [0.3, 0.4) is 0 Å². The Balaban J connectivity index is 1.39. The Morgan fingerprint density at radius 2 is 1.32 bits per heavy atom. The van der Waals surface area contributed by atoms with E-state index in [0.29, 0.717) is 5.92 Å². The van der Waals surface area contributed by atoms with Crippen molar-refractivity contribution in [1.82, 2.24) is 0 Å². The minimum atomic E-state index is 0.613. The first-order valence-corrected chi connectivity index (χ1v) is 10.8. The van der Waals surface area contributed by atoms with E-state index in [0.717, 1.165) is 29.6 Å². The molecule has 0 aliphatic heterocycles. The number of carbonyl (C=O) groups excluding carboxylic acids is 1. The zero-order valence-corrected chi connectivity index (χ0v) is 16.1. The smallest absolute Gasteiger partial charge is 0.150 e. The van der Waals surface area contributed by atoms with Crippen LogP contribution >= 0.6 is 0 Å². The van der Waals surface area contributed by atoms with E-state index in [1.54, 1.807) is 0 Å². The molecule has 1 nitrogen and oxygen atoms in total. The highest BCUT2D eigenvalue weighted by molar-refractivity contribution is 5.77. The minimum Gasteiger partial charge on any atom is -0.298 e. The molecule has 0 N–H and O–H groups in total. The average Bonchev–Trinajstić information content (AvgIpc) is 2.68. The van der Waals surface area contributed by atoms with Gasteiger partial charge in [0.25, 0.3) is 0 Å². The summed E-state index contributed by atoms with van der Waals surface area (Å²) < 4.78 is 0. The van der Waals surface area contributed by atoms with Crippen LogP contribution in [0.4, 0.5) is 0 Å². The standard InChI is InChI=1S/C24H36O/c1-2-5-19-8-10-20(11-9-19)12-13-21-14-16-22(17-15-21)24-7-4-3-6-23(24)18-25/h3-4,6-7,18-22H,2,5,8-17H2,1H3/t19-,20-,21?,22?. The summed E-state index contributed by atoms with van der Waals surface area (Å²) in [5, 5.41) is 0. The number of hydrogen-bond donors (Lipinski definition) is 0. The SMILES string of the molecule is CCC[C@H]1CC[C@H](CCC2CCC(c3ccccc3C=O)CC2)CC1. The molecule has 1 aromatic rings. The number of carbonyl (C=O) groups is 1. The molecule has 0 spiro atoms. The summed E-state index contributed by atoms with van der Waals surface area (Å²) in [6.45, 7) is 2.33. The molecule has 138 valence electrons. The molecule has 25 heavy (non-hydrogen) atoms. The fourth-order valence-corrected chi connectivity index (χ4v) is 5.44. The predicted octanol–water partition coefficient (Wildman–Crippen LogP) is 7.16. The molecule has 0 heterocycles. The molecule has 1 aromatic carbocycles. The zero-order valence-electron chi connectivity index (χ0n) is 16.1. The number of aldehydes is 1. The molecule has 0 aromatic heterocycles. The van der Waals surface area contributed by atoms with Gasteiger partial charge in [-0.15, -0.1) is 0 Å². The summed E-state index contributed by atoms with van der Waals surface area (Å²) >= 11 is 0. The lowest BCUT2D eigenvalue weighted by Gasteiger charge is -2.32. The molecule has 0 amide bonds. The molecule has 0 atom stereocenters. The minimum absolute atomic E-state index is 0.613. The van der Waals surface area contributed by atoms with Crippen LogP contribution in [0, 0.1) is 17.8 Å². The van der Waals surface area contributed by atoms with Crippen molar-refractivity contribution in [3.05, 3.63) is 35.4 Å². The van der Waals surface area contributed by atoms with Gasteiger partial charge in [0, 0.05) is 5.56 Å². The highest BCUT2D eigenvalue weighted by atomic mass is 16.1. The van der Waals surface area contributed by atoms with Crippen LogP contribution in [0.25, 0.3) is 0 Å². The molecule has 0 bridgehead atoms. The van der Waals surface area contributed by atoms with Gasteiger partial charge in [0.1, 0.15) is 6.29 Å². The fraction of sp³-hybridized carbons (Fsp3) is 0.708. The fourth-order valence-electron chi connectivity index (χ4n) is 5.44. The van der Waals surface area contributed by atoms with E-state index >= 15 is 0 Å². The van der Waals surface area contributed by atoms with Crippen molar-refractivity contribution in [1.29, 1.82) is 0 Å². The van der Waals surface area contributed by atoms with Crippen LogP contribution in [-0.2, 0) is 0 Å². The Morgan fingerprint density at radius 1 is 0.800 bits per heavy atom. The lowest BCUT2D eigenvalue weighted by atomic mass is 9.73. The molecule has 2 aliphatic rings. The summed E-state index contributed by atoms with van der Waals surface area (Å²) in [7, 11) is 0. The van der Waals surface area contributed by atoms with E-state index in [-0.39, 0.29) is 0 Å². The quantitative estimate of drug-likeness (QED) is 0.481. The molecule has 0 unspecified atom stereocenters. The van der Waals surface area contributed by atoms with Gasteiger partial charge >= 0.3 is 0 Å². The van der Waals surface area contributed by atoms with E-state index < -0.39 is 0 Å². The first kappa shape index (κ1) is 18.7. The van der Waals surface area contributed by atoms with Gasteiger partial charge in [-0.2, -0.15) is 0 Å². The molecule has 1 heteroatoms. The monoisotopic (exact) mass is 340 g/mol. The summed E-state index contributed by atoms with van der Waals surface area (Å²) in [5.74, 6) is 3.60. The molecular formula is C24H36O. The van der Waals surface area contributed by atoms with E-state index in [4.69, 9.17) is 0 Å². The lowest BCUT2D eigenvalue weighted by Crippen LogP contribution is -2.18. The third kappa shape index (κ3) is 5.19. The number of benzene rings is 1. The lowest BCUT2D eigenvalue weighted by molar-refractivity contribution is 0.112. The predicted molar refractivity (Wildman–Crippen MR) is 106 cm³/mol. The molecule has 0 saturated heterocycles. The molecule has 3 rings (SSSR count). The zero-order chi connectivity index (χ0) is 17.5. The van der Waals surface area contributed by atoms with E-state index in [9.17, 15) is 4.79 Å². The third-order valence-corrected chi connectivity index (χ3v) is 7.06. The Morgan fingerprint density at radius 3 is 1.88 bits per heavy atom. The van der Waals surface area contributed by atoms with Crippen LogP contribution in [0.2, 0.25) is 0 Å². The van der Waals surface area contributed by atoms with Crippen LogP contribution in [0.5, 0.6) is 0 Å². The second-order valence-corrected chi connectivity index (χ2v) is 8.72. The first-order valence-electron chi connectivity index (χ1n) is 10.8. The van der Waals surface area contributed by atoms with Crippen LogP contribution < -0.4 is 0 Å². The summed E-state index contributed by atoms with van der Waals surface area (Å²) in [4.78, 5) is 11.3. The summed E-state index contributed by atoms with van der Waals surface area (Å²) in [6, 6.07) is 8.21.